The molecule has 26 heavy (non-hydrogen) atoms. The average molecular weight is 358 g/mol. The minimum absolute atomic E-state index is 0.0195. The molecule has 3 rings (SSSR count). The number of hydrogen-bond acceptors (Lipinski definition) is 3. The van der Waals surface area contributed by atoms with Gasteiger partial charge in [0.2, 0.25) is 11.8 Å². The number of likely N-dealkylation sites (tertiary alicyclic amines) is 1. The molecular formula is C21H30N2O3. The van der Waals surface area contributed by atoms with Crippen LogP contribution < -0.4 is 10.1 Å². The molecule has 2 amide bonds. The Labute approximate surface area is 156 Å². The van der Waals surface area contributed by atoms with Crippen LogP contribution in [0.15, 0.2) is 18.2 Å². The van der Waals surface area contributed by atoms with Crippen LogP contribution in [0.4, 0.5) is 5.69 Å². The van der Waals surface area contributed by atoms with Crippen molar-refractivity contribution in [1.29, 1.82) is 0 Å². The topological polar surface area (TPSA) is 58.6 Å². The molecule has 1 aromatic carbocycles. The minimum Gasteiger partial charge on any atom is -0.495 e. The van der Waals surface area contributed by atoms with Crippen LogP contribution in [0.1, 0.15) is 58.4 Å². The molecule has 142 valence electrons. The summed E-state index contributed by atoms with van der Waals surface area (Å²) in [6.07, 6.45) is 4.82. The molecule has 2 aliphatic rings. The summed E-state index contributed by atoms with van der Waals surface area (Å²) in [5.41, 5.74) is 1.79. The third-order valence-electron chi connectivity index (χ3n) is 5.62. The van der Waals surface area contributed by atoms with Crippen molar-refractivity contribution in [3.63, 3.8) is 0 Å². The molecule has 0 aromatic heterocycles. The van der Waals surface area contributed by atoms with E-state index in [9.17, 15) is 9.59 Å². The lowest BCUT2D eigenvalue weighted by Crippen LogP contribution is -2.35. The van der Waals surface area contributed by atoms with Gasteiger partial charge in [0.1, 0.15) is 5.75 Å². The van der Waals surface area contributed by atoms with Gasteiger partial charge in [0.25, 0.3) is 0 Å². The average Bonchev–Trinajstić information content (AvgIpc) is 3.23. The number of rotatable bonds is 4. The van der Waals surface area contributed by atoms with Gasteiger partial charge in [-0.1, -0.05) is 39.7 Å². The van der Waals surface area contributed by atoms with Gasteiger partial charge in [0.05, 0.1) is 18.7 Å². The van der Waals surface area contributed by atoms with Crippen molar-refractivity contribution in [3.05, 3.63) is 23.8 Å². The van der Waals surface area contributed by atoms with Crippen molar-refractivity contribution < 1.29 is 14.3 Å². The Kier molecular flexibility index (Phi) is 5.26. The lowest BCUT2D eigenvalue weighted by atomic mass is 9.86. The Balaban J connectivity index is 1.72. The second-order valence-electron chi connectivity index (χ2n) is 8.54. The second-order valence-corrected chi connectivity index (χ2v) is 8.54. The lowest BCUT2D eigenvalue weighted by molar-refractivity contribution is -0.129. The van der Waals surface area contributed by atoms with Crippen molar-refractivity contribution in [3.8, 4) is 5.75 Å². The second kappa shape index (κ2) is 7.29. The molecule has 1 aliphatic heterocycles. The first-order valence-corrected chi connectivity index (χ1v) is 9.58. The van der Waals surface area contributed by atoms with Crippen LogP contribution in [-0.4, -0.2) is 36.4 Å². The van der Waals surface area contributed by atoms with Crippen LogP contribution in [-0.2, 0) is 15.0 Å². The van der Waals surface area contributed by atoms with Gasteiger partial charge in [0.15, 0.2) is 0 Å². The zero-order chi connectivity index (χ0) is 18.9. The number of ether oxygens (including phenoxy) is 1. The van der Waals surface area contributed by atoms with Crippen molar-refractivity contribution in [1.82, 2.24) is 4.90 Å². The monoisotopic (exact) mass is 358 g/mol. The minimum atomic E-state index is -0.286. The fraction of sp³-hybridized carbons (Fsp3) is 0.619. The van der Waals surface area contributed by atoms with Gasteiger partial charge in [-0.2, -0.15) is 0 Å². The molecule has 0 unspecified atom stereocenters. The number of hydrogen-bond donors (Lipinski definition) is 1. The van der Waals surface area contributed by atoms with E-state index in [0.29, 0.717) is 30.4 Å². The highest BCUT2D eigenvalue weighted by atomic mass is 16.5. The zero-order valence-corrected chi connectivity index (χ0v) is 16.3. The van der Waals surface area contributed by atoms with E-state index < -0.39 is 0 Å². The lowest BCUT2D eigenvalue weighted by Gasteiger charge is -2.24. The maximum atomic E-state index is 12.8. The number of benzene rings is 1. The van der Waals surface area contributed by atoms with E-state index in [-0.39, 0.29) is 23.1 Å². The summed E-state index contributed by atoms with van der Waals surface area (Å²) in [5.74, 6) is 0.380. The number of amides is 2. The van der Waals surface area contributed by atoms with Gasteiger partial charge in [0, 0.05) is 19.0 Å². The van der Waals surface area contributed by atoms with Crippen LogP contribution in [0, 0.1) is 5.92 Å². The first kappa shape index (κ1) is 18.7. The van der Waals surface area contributed by atoms with Gasteiger partial charge in [-0.05, 0) is 36.0 Å². The SMILES string of the molecule is COc1ccc(C(C)(C)C)cc1NC(=O)[C@H]1CC(=O)N(C2CCCC2)C1. The van der Waals surface area contributed by atoms with Gasteiger partial charge in [-0.3, -0.25) is 9.59 Å². The fourth-order valence-electron chi connectivity index (χ4n) is 3.98. The molecule has 0 spiro atoms. The molecule has 1 aromatic rings. The molecule has 5 nitrogen and oxygen atoms in total. The van der Waals surface area contributed by atoms with Crippen molar-refractivity contribution >= 4 is 17.5 Å². The number of carbonyl (C=O) groups excluding carboxylic acids is 2. The van der Waals surface area contributed by atoms with Gasteiger partial charge in [-0.25, -0.2) is 0 Å². The molecule has 5 heteroatoms. The maximum absolute atomic E-state index is 12.8. The summed E-state index contributed by atoms with van der Waals surface area (Å²) in [5, 5.41) is 3.00. The Bertz CT molecular complexity index is 687. The summed E-state index contributed by atoms with van der Waals surface area (Å²) in [7, 11) is 1.60. The Morgan fingerprint density at radius 3 is 2.54 bits per heavy atom. The molecule has 2 fully saturated rings. The Morgan fingerprint density at radius 1 is 1.23 bits per heavy atom. The highest BCUT2D eigenvalue weighted by Gasteiger charge is 2.38. The third kappa shape index (κ3) is 3.87. The summed E-state index contributed by atoms with van der Waals surface area (Å²) >= 11 is 0. The summed E-state index contributed by atoms with van der Waals surface area (Å²) < 4.78 is 5.41. The molecule has 0 bridgehead atoms. The largest absolute Gasteiger partial charge is 0.495 e. The summed E-state index contributed by atoms with van der Waals surface area (Å²) in [6, 6.07) is 6.22. The number of methoxy groups -OCH3 is 1. The number of carbonyl (C=O) groups is 2. The van der Waals surface area contributed by atoms with Gasteiger partial charge in [-0.15, -0.1) is 0 Å². The molecule has 1 aliphatic carbocycles. The number of anilines is 1. The van der Waals surface area contributed by atoms with Crippen LogP contribution >= 0.6 is 0 Å². The summed E-state index contributed by atoms with van der Waals surface area (Å²) in [4.78, 5) is 27.1. The molecule has 1 saturated carbocycles. The van der Waals surface area contributed by atoms with E-state index in [0.717, 1.165) is 18.4 Å². The van der Waals surface area contributed by atoms with Crippen LogP contribution in [0.25, 0.3) is 0 Å². The molecule has 0 radical (unpaired) electrons. The van der Waals surface area contributed by atoms with E-state index in [1.165, 1.54) is 12.8 Å². The quantitative estimate of drug-likeness (QED) is 0.892. The Hall–Kier alpha value is -2.04. The van der Waals surface area contributed by atoms with E-state index in [1.807, 2.05) is 23.1 Å². The fourth-order valence-corrected chi connectivity index (χ4v) is 3.98. The third-order valence-corrected chi connectivity index (χ3v) is 5.62. The van der Waals surface area contributed by atoms with E-state index in [4.69, 9.17) is 4.74 Å². The van der Waals surface area contributed by atoms with Crippen LogP contribution in [0.2, 0.25) is 0 Å². The Morgan fingerprint density at radius 2 is 1.92 bits per heavy atom. The smallest absolute Gasteiger partial charge is 0.229 e. The summed E-state index contributed by atoms with van der Waals surface area (Å²) in [6.45, 7) is 6.94. The predicted molar refractivity (Wildman–Crippen MR) is 102 cm³/mol. The number of nitrogens with zero attached hydrogens (tertiary/aromatic N) is 1. The molecular weight excluding hydrogens is 328 g/mol. The van der Waals surface area contributed by atoms with Crippen molar-refractivity contribution in [2.45, 2.75) is 64.3 Å². The van der Waals surface area contributed by atoms with Crippen LogP contribution in [0.5, 0.6) is 5.75 Å². The van der Waals surface area contributed by atoms with Gasteiger partial charge >= 0.3 is 0 Å². The highest BCUT2D eigenvalue weighted by molar-refractivity contribution is 5.98. The molecule has 1 heterocycles. The standard InChI is InChI=1S/C21H30N2O3/c1-21(2,3)15-9-10-18(26-4)17(12-15)22-20(25)14-11-19(24)23(13-14)16-7-5-6-8-16/h9-10,12,14,16H,5-8,11,13H2,1-4H3,(H,22,25)/t14-/m0/s1. The van der Waals surface area contributed by atoms with E-state index in [1.54, 1.807) is 7.11 Å². The van der Waals surface area contributed by atoms with Crippen molar-refractivity contribution in [2.75, 3.05) is 19.0 Å². The highest BCUT2D eigenvalue weighted by Crippen LogP contribution is 2.33. The predicted octanol–water partition coefficient (Wildman–Crippen LogP) is 3.72. The van der Waals surface area contributed by atoms with E-state index in [2.05, 4.69) is 26.1 Å². The van der Waals surface area contributed by atoms with Crippen LogP contribution in [0.3, 0.4) is 0 Å². The van der Waals surface area contributed by atoms with E-state index >= 15 is 0 Å². The van der Waals surface area contributed by atoms with Gasteiger partial charge < -0.3 is 15.0 Å². The first-order chi connectivity index (χ1) is 12.3. The maximum Gasteiger partial charge on any atom is 0.229 e. The molecule has 1 saturated heterocycles. The zero-order valence-electron chi connectivity index (χ0n) is 16.3. The molecule has 1 N–H and O–H groups in total. The first-order valence-electron chi connectivity index (χ1n) is 9.58. The number of nitrogens with one attached hydrogen (secondary N) is 1. The van der Waals surface area contributed by atoms with Crippen molar-refractivity contribution in [2.24, 2.45) is 5.92 Å². The molecule has 1 atom stereocenters. The normalized spacial score (nSPS) is 21.3.